The molecule has 1 aromatic carbocycles. The minimum absolute atomic E-state index is 0.313. The zero-order chi connectivity index (χ0) is 20.9. The topological polar surface area (TPSA) is 44.0 Å². The Hall–Kier alpha value is -2.25. The molecule has 30 heavy (non-hydrogen) atoms. The minimum Gasteiger partial charge on any atom is -0.356 e. The molecule has 3 atom stereocenters. The normalized spacial score (nSPS) is 24.0. The van der Waals surface area contributed by atoms with Crippen molar-refractivity contribution >= 4 is 28.3 Å². The lowest BCUT2D eigenvalue weighted by atomic mass is 9.98. The van der Waals surface area contributed by atoms with Gasteiger partial charge < -0.3 is 15.2 Å². The Kier molecular flexibility index (Phi) is 4.90. The predicted octanol–water partition coefficient (Wildman–Crippen LogP) is 5.24. The first kappa shape index (κ1) is 19.7. The van der Waals surface area contributed by atoms with Gasteiger partial charge in [0.25, 0.3) is 0 Å². The Morgan fingerprint density at radius 3 is 2.73 bits per heavy atom. The standard InChI is InChI=1S/C22H22ClF3N4/c23-21-14-4-1-2-5-17(14)28-18(21)10-27-16-9-8-13-11-30(12-15(13)16)20-7-3-6-19(29-20)22(24,25)26/h1-7,13,15-16,27-28H,8-12H2. The molecule has 1 saturated carbocycles. The molecule has 8 heteroatoms. The monoisotopic (exact) mass is 434 g/mol. The van der Waals surface area contributed by atoms with E-state index in [9.17, 15) is 13.2 Å². The fourth-order valence-electron chi connectivity index (χ4n) is 4.98. The first-order valence-electron chi connectivity index (χ1n) is 10.2. The number of halogens is 4. The lowest BCUT2D eigenvalue weighted by Crippen LogP contribution is -2.35. The molecule has 0 bridgehead atoms. The number of aromatic amines is 1. The van der Waals surface area contributed by atoms with Crippen molar-refractivity contribution in [1.29, 1.82) is 0 Å². The highest BCUT2D eigenvalue weighted by molar-refractivity contribution is 6.36. The number of benzene rings is 1. The van der Waals surface area contributed by atoms with Crippen molar-refractivity contribution < 1.29 is 13.2 Å². The Morgan fingerprint density at radius 1 is 1.10 bits per heavy atom. The number of H-pyrrole nitrogens is 1. The molecule has 2 aromatic heterocycles. The predicted molar refractivity (Wildman–Crippen MR) is 112 cm³/mol. The second-order valence-electron chi connectivity index (χ2n) is 8.24. The van der Waals surface area contributed by atoms with Crippen LogP contribution in [0.3, 0.4) is 0 Å². The van der Waals surface area contributed by atoms with E-state index in [-0.39, 0.29) is 0 Å². The first-order chi connectivity index (χ1) is 14.4. The molecule has 1 aliphatic carbocycles. The van der Waals surface area contributed by atoms with Gasteiger partial charge in [0.1, 0.15) is 11.5 Å². The SMILES string of the molecule is FC(F)(F)c1cccc(N2CC3CCC(NCc4[nH]c5ccccc5c4Cl)C3C2)n1. The van der Waals surface area contributed by atoms with Crippen molar-refractivity contribution in [3.63, 3.8) is 0 Å². The number of alkyl halides is 3. The van der Waals surface area contributed by atoms with Gasteiger partial charge in [-0.1, -0.05) is 35.9 Å². The number of anilines is 1. The van der Waals surface area contributed by atoms with E-state index >= 15 is 0 Å². The smallest absolute Gasteiger partial charge is 0.356 e. The van der Waals surface area contributed by atoms with Gasteiger partial charge in [0.15, 0.2) is 0 Å². The van der Waals surface area contributed by atoms with Crippen molar-refractivity contribution in [3.8, 4) is 0 Å². The summed E-state index contributed by atoms with van der Waals surface area (Å²) in [5.74, 6) is 1.28. The van der Waals surface area contributed by atoms with Crippen molar-refractivity contribution in [3.05, 3.63) is 58.9 Å². The summed E-state index contributed by atoms with van der Waals surface area (Å²) in [5.41, 5.74) is 1.15. The molecule has 3 heterocycles. The summed E-state index contributed by atoms with van der Waals surface area (Å²) < 4.78 is 39.0. The summed E-state index contributed by atoms with van der Waals surface area (Å²) in [7, 11) is 0. The van der Waals surface area contributed by atoms with Gasteiger partial charge in [-0.25, -0.2) is 4.98 Å². The van der Waals surface area contributed by atoms with Gasteiger partial charge in [-0.3, -0.25) is 0 Å². The van der Waals surface area contributed by atoms with E-state index in [2.05, 4.69) is 15.3 Å². The maximum absolute atomic E-state index is 13.0. The third-order valence-electron chi connectivity index (χ3n) is 6.46. The van der Waals surface area contributed by atoms with Gasteiger partial charge in [0.05, 0.1) is 5.02 Å². The van der Waals surface area contributed by atoms with Crippen LogP contribution < -0.4 is 10.2 Å². The molecule has 0 radical (unpaired) electrons. The first-order valence-corrected chi connectivity index (χ1v) is 10.6. The van der Waals surface area contributed by atoms with Crippen molar-refractivity contribution in [1.82, 2.24) is 15.3 Å². The number of nitrogens with one attached hydrogen (secondary N) is 2. The Bertz CT molecular complexity index is 1060. The molecule has 2 N–H and O–H groups in total. The quantitative estimate of drug-likeness (QED) is 0.590. The van der Waals surface area contributed by atoms with Crippen LogP contribution >= 0.6 is 11.6 Å². The molecule has 4 nitrogen and oxygen atoms in total. The second kappa shape index (κ2) is 7.46. The summed E-state index contributed by atoms with van der Waals surface area (Å²) in [6.45, 7) is 2.12. The van der Waals surface area contributed by atoms with Gasteiger partial charge in [0.2, 0.25) is 0 Å². The number of hydrogen-bond donors (Lipinski definition) is 2. The van der Waals surface area contributed by atoms with Crippen LogP contribution in [0.5, 0.6) is 0 Å². The average Bonchev–Trinajstić information content (AvgIpc) is 3.40. The molecule has 2 fully saturated rings. The summed E-state index contributed by atoms with van der Waals surface area (Å²) in [6.07, 6.45) is -2.29. The highest BCUT2D eigenvalue weighted by Crippen LogP contribution is 2.40. The Morgan fingerprint density at radius 2 is 1.93 bits per heavy atom. The maximum atomic E-state index is 13.0. The Balaban J connectivity index is 1.27. The summed E-state index contributed by atoms with van der Waals surface area (Å²) >= 11 is 6.53. The fraction of sp³-hybridized carbons (Fsp3) is 0.409. The maximum Gasteiger partial charge on any atom is 0.433 e. The van der Waals surface area contributed by atoms with Crippen molar-refractivity contribution in [2.45, 2.75) is 31.6 Å². The number of aromatic nitrogens is 2. The number of nitrogens with zero attached hydrogens (tertiary/aromatic N) is 2. The highest BCUT2D eigenvalue weighted by Gasteiger charge is 2.43. The van der Waals surface area contributed by atoms with Crippen molar-refractivity contribution in [2.24, 2.45) is 11.8 Å². The number of fused-ring (bicyclic) bond motifs is 2. The lowest BCUT2D eigenvalue weighted by Gasteiger charge is -2.23. The van der Waals surface area contributed by atoms with Gasteiger partial charge in [0, 0.05) is 42.3 Å². The van der Waals surface area contributed by atoms with E-state index in [4.69, 9.17) is 11.6 Å². The number of rotatable bonds is 4. The molecule has 1 aliphatic heterocycles. The molecule has 0 amide bonds. The average molecular weight is 435 g/mol. The number of pyridine rings is 1. The lowest BCUT2D eigenvalue weighted by molar-refractivity contribution is -0.141. The fourth-order valence-corrected chi connectivity index (χ4v) is 5.26. The van der Waals surface area contributed by atoms with Crippen LogP contribution in [0, 0.1) is 11.8 Å². The molecule has 1 saturated heterocycles. The van der Waals surface area contributed by atoms with Crippen LogP contribution in [-0.2, 0) is 12.7 Å². The van der Waals surface area contributed by atoms with Crippen LogP contribution in [-0.4, -0.2) is 29.1 Å². The third-order valence-corrected chi connectivity index (χ3v) is 6.89. The molecule has 158 valence electrons. The van der Waals surface area contributed by atoms with Crippen molar-refractivity contribution in [2.75, 3.05) is 18.0 Å². The zero-order valence-corrected chi connectivity index (χ0v) is 17.0. The molecule has 3 unspecified atom stereocenters. The summed E-state index contributed by atoms with van der Waals surface area (Å²) in [6, 6.07) is 12.4. The second-order valence-corrected chi connectivity index (χ2v) is 8.61. The molecule has 3 aromatic rings. The van der Waals surface area contributed by atoms with Crippen LogP contribution in [0.1, 0.15) is 24.2 Å². The minimum atomic E-state index is -4.42. The van der Waals surface area contributed by atoms with Crippen LogP contribution in [0.15, 0.2) is 42.5 Å². The van der Waals surface area contributed by atoms with E-state index in [0.29, 0.717) is 30.2 Å². The molecule has 0 spiro atoms. The molecule has 2 aliphatic rings. The zero-order valence-electron chi connectivity index (χ0n) is 16.2. The molecular formula is C22H22ClF3N4. The van der Waals surface area contributed by atoms with Gasteiger partial charge >= 0.3 is 6.18 Å². The largest absolute Gasteiger partial charge is 0.433 e. The number of hydrogen-bond acceptors (Lipinski definition) is 3. The van der Waals surface area contributed by atoms with Crippen LogP contribution in [0.4, 0.5) is 19.0 Å². The van der Waals surface area contributed by atoms with Gasteiger partial charge in [-0.2, -0.15) is 13.2 Å². The van der Waals surface area contributed by atoms with Gasteiger partial charge in [-0.05, 0) is 42.9 Å². The Labute approximate surface area is 177 Å². The third kappa shape index (κ3) is 3.54. The van der Waals surface area contributed by atoms with Crippen LogP contribution in [0.2, 0.25) is 5.02 Å². The van der Waals surface area contributed by atoms with E-state index in [1.165, 1.54) is 6.07 Å². The highest BCUT2D eigenvalue weighted by atomic mass is 35.5. The molecular weight excluding hydrogens is 413 g/mol. The number of para-hydroxylation sites is 1. The van der Waals surface area contributed by atoms with E-state index < -0.39 is 11.9 Å². The summed E-state index contributed by atoms with van der Waals surface area (Å²) in [4.78, 5) is 9.24. The van der Waals surface area contributed by atoms with Gasteiger partial charge in [-0.15, -0.1) is 0 Å². The molecule has 5 rings (SSSR count). The van der Waals surface area contributed by atoms with E-state index in [1.54, 1.807) is 6.07 Å². The summed E-state index contributed by atoms with van der Waals surface area (Å²) in [5, 5.41) is 5.40. The van der Waals surface area contributed by atoms with E-state index in [0.717, 1.165) is 53.6 Å². The van der Waals surface area contributed by atoms with E-state index in [1.807, 2.05) is 29.2 Å². The van der Waals surface area contributed by atoms with Crippen LogP contribution in [0.25, 0.3) is 10.9 Å².